The van der Waals surface area contributed by atoms with Gasteiger partial charge in [0, 0.05) is 23.7 Å². The topological polar surface area (TPSA) is 102 Å². The van der Waals surface area contributed by atoms with E-state index in [1.807, 2.05) is 6.92 Å². The predicted octanol–water partition coefficient (Wildman–Crippen LogP) is 2.48. The van der Waals surface area contributed by atoms with Gasteiger partial charge in [0.1, 0.15) is 12.4 Å². The van der Waals surface area contributed by atoms with E-state index < -0.39 is 15.3 Å². The number of carbonyl (C=O) groups is 2. The van der Waals surface area contributed by atoms with Crippen molar-refractivity contribution in [1.29, 1.82) is 0 Å². The van der Waals surface area contributed by atoms with E-state index in [9.17, 15) is 18.0 Å². The van der Waals surface area contributed by atoms with E-state index in [4.69, 9.17) is 4.74 Å². The Morgan fingerprint density at radius 3 is 2.63 bits per heavy atom. The summed E-state index contributed by atoms with van der Waals surface area (Å²) in [6, 6.07) is 6.79. The molecule has 150 valence electrons. The van der Waals surface area contributed by atoms with Crippen LogP contribution in [0, 0.1) is 5.92 Å². The molecule has 1 saturated carbocycles. The molecular formula is C19H28N2O5S. The van der Waals surface area contributed by atoms with Gasteiger partial charge in [-0.2, -0.15) is 0 Å². The van der Waals surface area contributed by atoms with E-state index >= 15 is 0 Å². The Balaban J connectivity index is 1.85. The Bertz CT molecular complexity index is 742. The van der Waals surface area contributed by atoms with Gasteiger partial charge in [-0.25, -0.2) is 13.1 Å². The lowest BCUT2D eigenvalue weighted by Crippen LogP contribution is -2.42. The molecule has 1 aromatic carbocycles. The number of amides is 1. The summed E-state index contributed by atoms with van der Waals surface area (Å²) in [6.07, 6.45) is 3.82. The van der Waals surface area contributed by atoms with E-state index in [2.05, 4.69) is 10.0 Å². The van der Waals surface area contributed by atoms with Crippen LogP contribution in [0.1, 0.15) is 46.0 Å². The van der Waals surface area contributed by atoms with Crippen LogP contribution in [-0.2, 0) is 19.6 Å². The highest BCUT2D eigenvalue weighted by molar-refractivity contribution is 7.90. The van der Waals surface area contributed by atoms with Gasteiger partial charge in [0.15, 0.2) is 6.29 Å². The number of nitrogens with one attached hydrogen (secondary N) is 2. The van der Waals surface area contributed by atoms with Crippen molar-refractivity contribution in [3.63, 3.8) is 0 Å². The van der Waals surface area contributed by atoms with Gasteiger partial charge >= 0.3 is 0 Å². The molecule has 27 heavy (non-hydrogen) atoms. The normalized spacial score (nSPS) is 21.3. The van der Waals surface area contributed by atoms with Crippen LogP contribution in [0.5, 0.6) is 5.75 Å². The van der Waals surface area contributed by atoms with Crippen LogP contribution in [0.25, 0.3) is 0 Å². The molecule has 1 fully saturated rings. The highest BCUT2D eigenvalue weighted by Crippen LogP contribution is 2.27. The van der Waals surface area contributed by atoms with Crippen LogP contribution in [0.4, 0.5) is 5.69 Å². The summed E-state index contributed by atoms with van der Waals surface area (Å²) < 4.78 is 32.3. The Kier molecular flexibility index (Phi) is 7.79. The van der Waals surface area contributed by atoms with Gasteiger partial charge in [0.25, 0.3) is 0 Å². The molecule has 2 rings (SSSR count). The average Bonchev–Trinajstić information content (AvgIpc) is 2.66. The minimum Gasteiger partial charge on any atom is -0.486 e. The zero-order chi connectivity index (χ0) is 19.9. The van der Waals surface area contributed by atoms with Crippen LogP contribution in [-0.4, -0.2) is 38.5 Å². The van der Waals surface area contributed by atoms with E-state index in [1.165, 1.54) is 0 Å². The second-order valence-corrected chi connectivity index (χ2v) is 9.06. The van der Waals surface area contributed by atoms with Gasteiger partial charge in [-0.15, -0.1) is 0 Å². The molecule has 1 atom stereocenters. The second kappa shape index (κ2) is 9.85. The van der Waals surface area contributed by atoms with Gasteiger partial charge in [0.2, 0.25) is 15.9 Å². The lowest BCUT2D eigenvalue weighted by molar-refractivity contribution is -0.120. The Labute approximate surface area is 160 Å². The monoisotopic (exact) mass is 396 g/mol. The Morgan fingerprint density at radius 1 is 1.30 bits per heavy atom. The number of carbonyl (C=O) groups excluding carboxylic acids is 2. The van der Waals surface area contributed by atoms with Gasteiger partial charge in [-0.3, -0.25) is 9.59 Å². The molecule has 1 amide bonds. The van der Waals surface area contributed by atoms with Crippen LogP contribution in [0.15, 0.2) is 24.3 Å². The third-order valence-electron chi connectivity index (χ3n) is 4.95. The van der Waals surface area contributed by atoms with E-state index in [0.29, 0.717) is 49.8 Å². The van der Waals surface area contributed by atoms with Gasteiger partial charge in [-0.1, -0.05) is 13.0 Å². The molecule has 0 spiro atoms. The molecule has 0 bridgehead atoms. The van der Waals surface area contributed by atoms with E-state index in [-0.39, 0.29) is 24.5 Å². The zero-order valence-corrected chi connectivity index (χ0v) is 16.6. The summed E-state index contributed by atoms with van der Waals surface area (Å²) in [5.74, 6) is 0.294. The lowest BCUT2D eigenvalue weighted by atomic mass is 9.86. The molecule has 1 aliphatic carbocycles. The van der Waals surface area contributed by atoms with Gasteiger partial charge in [0.05, 0.1) is 5.25 Å². The number of hydrogen-bond donors (Lipinski definition) is 2. The van der Waals surface area contributed by atoms with Crippen molar-refractivity contribution in [2.75, 3.05) is 11.9 Å². The first kappa shape index (κ1) is 21.4. The number of ether oxygens (including phenoxy) is 1. The fourth-order valence-corrected chi connectivity index (χ4v) is 4.45. The third-order valence-corrected chi connectivity index (χ3v) is 7.01. The maximum absolute atomic E-state index is 12.5. The first-order valence-electron chi connectivity index (χ1n) is 9.34. The maximum atomic E-state index is 12.5. The molecule has 1 aromatic rings. The molecule has 0 aliphatic heterocycles. The lowest BCUT2D eigenvalue weighted by Gasteiger charge is -2.29. The minimum atomic E-state index is -3.30. The van der Waals surface area contributed by atoms with Crippen LogP contribution < -0.4 is 14.8 Å². The van der Waals surface area contributed by atoms with Crippen molar-refractivity contribution in [2.45, 2.75) is 57.2 Å². The summed E-state index contributed by atoms with van der Waals surface area (Å²) in [5.41, 5.74) is 0.614. The quantitative estimate of drug-likeness (QED) is 0.625. The standard InChI is InChI=1S/C19H28N2O5S/c1-3-14(2)27(24,25)21-16-9-7-15(8-10-16)19(23)20-17-5-4-6-18(13-17)26-12-11-22/h4-6,11,13-16,21H,3,7-10,12H2,1-2H3,(H,20,23). The Morgan fingerprint density at radius 2 is 2.00 bits per heavy atom. The zero-order valence-electron chi connectivity index (χ0n) is 15.8. The van der Waals surface area contributed by atoms with Crippen molar-refractivity contribution in [3.8, 4) is 5.75 Å². The molecule has 8 heteroatoms. The first-order chi connectivity index (χ1) is 12.9. The fourth-order valence-electron chi connectivity index (χ4n) is 3.08. The fraction of sp³-hybridized carbons (Fsp3) is 0.579. The molecular weight excluding hydrogens is 368 g/mol. The molecule has 1 aliphatic rings. The van der Waals surface area contributed by atoms with Crippen molar-refractivity contribution < 1.29 is 22.7 Å². The molecule has 0 saturated heterocycles. The molecule has 0 radical (unpaired) electrons. The molecule has 1 unspecified atom stereocenters. The summed E-state index contributed by atoms with van der Waals surface area (Å²) in [5, 5.41) is 2.46. The highest BCUT2D eigenvalue weighted by atomic mass is 32.2. The molecule has 0 aromatic heterocycles. The number of sulfonamides is 1. The van der Waals surface area contributed by atoms with Crippen molar-refractivity contribution in [3.05, 3.63) is 24.3 Å². The highest BCUT2D eigenvalue weighted by Gasteiger charge is 2.30. The summed E-state index contributed by atoms with van der Waals surface area (Å²) >= 11 is 0. The number of hydrogen-bond acceptors (Lipinski definition) is 5. The summed E-state index contributed by atoms with van der Waals surface area (Å²) in [6.45, 7) is 3.52. The SMILES string of the molecule is CCC(C)S(=O)(=O)NC1CCC(C(=O)Nc2cccc(OCC=O)c2)CC1. The van der Waals surface area contributed by atoms with Crippen LogP contribution >= 0.6 is 0 Å². The van der Waals surface area contributed by atoms with Crippen LogP contribution in [0.2, 0.25) is 0 Å². The number of aldehydes is 1. The number of rotatable bonds is 9. The first-order valence-corrected chi connectivity index (χ1v) is 10.9. The van der Waals surface area contributed by atoms with Gasteiger partial charge < -0.3 is 10.1 Å². The number of benzene rings is 1. The van der Waals surface area contributed by atoms with Crippen LogP contribution in [0.3, 0.4) is 0 Å². The second-order valence-electron chi connectivity index (χ2n) is 6.93. The molecule has 7 nitrogen and oxygen atoms in total. The minimum absolute atomic E-state index is 0.0338. The smallest absolute Gasteiger partial charge is 0.227 e. The average molecular weight is 397 g/mol. The van der Waals surface area contributed by atoms with Crippen molar-refractivity contribution >= 4 is 27.9 Å². The Hall–Kier alpha value is -1.93. The largest absolute Gasteiger partial charge is 0.486 e. The summed E-state index contributed by atoms with van der Waals surface area (Å²) in [4.78, 5) is 22.9. The summed E-state index contributed by atoms with van der Waals surface area (Å²) in [7, 11) is -3.30. The van der Waals surface area contributed by atoms with Gasteiger partial charge in [-0.05, 0) is 51.2 Å². The van der Waals surface area contributed by atoms with E-state index in [0.717, 1.165) is 0 Å². The number of anilines is 1. The van der Waals surface area contributed by atoms with Crippen molar-refractivity contribution in [1.82, 2.24) is 4.72 Å². The molecule has 2 N–H and O–H groups in total. The third kappa shape index (κ3) is 6.32. The predicted molar refractivity (Wildman–Crippen MR) is 104 cm³/mol. The van der Waals surface area contributed by atoms with E-state index in [1.54, 1.807) is 31.2 Å². The maximum Gasteiger partial charge on any atom is 0.227 e. The van der Waals surface area contributed by atoms with Crippen molar-refractivity contribution in [2.24, 2.45) is 5.92 Å². The molecule has 0 heterocycles.